The maximum atomic E-state index is 5.87. The summed E-state index contributed by atoms with van der Waals surface area (Å²) in [6.45, 7) is 1.86. The summed E-state index contributed by atoms with van der Waals surface area (Å²) in [6.07, 6.45) is 0. The van der Waals surface area contributed by atoms with E-state index in [1.165, 1.54) is 0 Å². The summed E-state index contributed by atoms with van der Waals surface area (Å²) in [6, 6.07) is 9.20. The number of benzene rings is 1. The van der Waals surface area contributed by atoms with Crippen molar-refractivity contribution in [1.29, 1.82) is 0 Å². The molecule has 0 bridgehead atoms. The van der Waals surface area contributed by atoms with Gasteiger partial charge in [-0.25, -0.2) is 9.97 Å². The molecule has 5 heteroatoms. The van der Waals surface area contributed by atoms with Crippen LogP contribution in [-0.2, 0) is 0 Å². The quantitative estimate of drug-likeness (QED) is 0.827. The first-order valence-electron chi connectivity index (χ1n) is 4.67. The van der Waals surface area contributed by atoms with E-state index in [4.69, 9.17) is 23.2 Å². The lowest BCUT2D eigenvalue weighted by Crippen LogP contribution is -1.96. The fourth-order valence-electron chi connectivity index (χ4n) is 1.31. The van der Waals surface area contributed by atoms with Crippen LogP contribution < -0.4 is 5.32 Å². The smallest absolute Gasteiger partial charge is 0.224 e. The predicted molar refractivity (Wildman–Crippen MR) is 66.5 cm³/mol. The van der Waals surface area contributed by atoms with Gasteiger partial charge in [0.05, 0.1) is 0 Å². The monoisotopic (exact) mass is 253 g/mol. The zero-order chi connectivity index (χ0) is 11.5. The highest BCUT2D eigenvalue weighted by Gasteiger charge is 2.00. The number of hydrogen-bond acceptors (Lipinski definition) is 3. The van der Waals surface area contributed by atoms with E-state index in [9.17, 15) is 0 Å². The van der Waals surface area contributed by atoms with E-state index < -0.39 is 0 Å². The largest absolute Gasteiger partial charge is 0.340 e. The average molecular weight is 254 g/mol. The van der Waals surface area contributed by atoms with Gasteiger partial charge in [-0.2, -0.15) is 0 Å². The van der Waals surface area contributed by atoms with Crippen molar-refractivity contribution in [2.75, 3.05) is 5.32 Å². The minimum atomic E-state index is 0.226. The summed E-state index contributed by atoms with van der Waals surface area (Å²) in [7, 11) is 0. The summed E-state index contributed by atoms with van der Waals surface area (Å²) in [5.74, 6) is 0.653. The molecule has 0 unspecified atom stereocenters. The molecule has 82 valence electrons. The Balaban J connectivity index is 2.27. The van der Waals surface area contributed by atoms with Gasteiger partial charge < -0.3 is 5.32 Å². The van der Waals surface area contributed by atoms with Crippen molar-refractivity contribution in [1.82, 2.24) is 9.97 Å². The van der Waals surface area contributed by atoms with Crippen LogP contribution in [0.2, 0.25) is 10.3 Å². The van der Waals surface area contributed by atoms with E-state index in [1.54, 1.807) is 0 Å². The summed E-state index contributed by atoms with van der Waals surface area (Å²) < 4.78 is 0. The Labute approximate surface area is 103 Å². The number of nitrogens with zero attached hydrogens (tertiary/aromatic N) is 2. The molecule has 1 aromatic carbocycles. The fraction of sp³-hybridized carbons (Fsp3) is 0.0909. The van der Waals surface area contributed by atoms with Crippen LogP contribution >= 0.6 is 23.2 Å². The second-order valence-corrected chi connectivity index (χ2v) is 4.07. The number of rotatable bonds is 2. The van der Waals surface area contributed by atoms with Crippen LogP contribution in [0.25, 0.3) is 0 Å². The van der Waals surface area contributed by atoms with Gasteiger partial charge in [-0.05, 0) is 36.7 Å². The van der Waals surface area contributed by atoms with Crippen LogP contribution in [0.1, 0.15) is 5.69 Å². The number of hydrogen-bond donors (Lipinski definition) is 1. The Morgan fingerprint density at radius 1 is 1.12 bits per heavy atom. The lowest BCUT2D eigenvalue weighted by molar-refractivity contribution is 1.10. The first-order valence-corrected chi connectivity index (χ1v) is 5.43. The normalized spacial score (nSPS) is 10.2. The zero-order valence-electron chi connectivity index (χ0n) is 8.54. The zero-order valence-corrected chi connectivity index (χ0v) is 10.0. The van der Waals surface area contributed by atoms with Gasteiger partial charge in [-0.1, -0.05) is 17.7 Å². The molecule has 0 aliphatic heterocycles. The van der Waals surface area contributed by atoms with Crippen LogP contribution in [0.15, 0.2) is 30.3 Å². The maximum Gasteiger partial charge on any atom is 0.224 e. The number of anilines is 2. The van der Waals surface area contributed by atoms with Gasteiger partial charge in [0, 0.05) is 22.5 Å². The molecule has 16 heavy (non-hydrogen) atoms. The first kappa shape index (κ1) is 11.2. The molecule has 3 nitrogen and oxygen atoms in total. The molecule has 0 amide bonds. The van der Waals surface area contributed by atoms with Gasteiger partial charge >= 0.3 is 0 Å². The van der Waals surface area contributed by atoms with Crippen molar-refractivity contribution in [3.8, 4) is 0 Å². The first-order chi connectivity index (χ1) is 7.63. The predicted octanol–water partition coefficient (Wildman–Crippen LogP) is 3.84. The van der Waals surface area contributed by atoms with Crippen LogP contribution in [0.3, 0.4) is 0 Å². The Morgan fingerprint density at radius 3 is 2.62 bits per heavy atom. The molecule has 0 aliphatic rings. The second kappa shape index (κ2) is 4.68. The summed E-state index contributed by atoms with van der Waals surface area (Å²) >= 11 is 11.6. The third-order valence-corrected chi connectivity index (χ3v) is 2.33. The fourth-order valence-corrected chi connectivity index (χ4v) is 1.73. The highest BCUT2D eigenvalue weighted by atomic mass is 35.5. The minimum absolute atomic E-state index is 0.226. The van der Waals surface area contributed by atoms with Crippen molar-refractivity contribution in [3.05, 3.63) is 46.3 Å². The highest BCUT2D eigenvalue weighted by Crippen LogP contribution is 2.19. The molecule has 0 radical (unpaired) electrons. The van der Waals surface area contributed by atoms with E-state index in [0.29, 0.717) is 10.8 Å². The van der Waals surface area contributed by atoms with Gasteiger partial charge in [0.1, 0.15) is 5.82 Å². The topological polar surface area (TPSA) is 37.8 Å². The molecule has 0 fully saturated rings. The van der Waals surface area contributed by atoms with E-state index in [1.807, 2.05) is 37.3 Å². The number of aromatic nitrogens is 2. The molecule has 0 aliphatic carbocycles. The van der Waals surface area contributed by atoms with Crippen LogP contribution in [-0.4, -0.2) is 9.97 Å². The van der Waals surface area contributed by atoms with Gasteiger partial charge in [0.2, 0.25) is 5.28 Å². The lowest BCUT2D eigenvalue weighted by Gasteiger charge is -2.06. The standard InChI is InChI=1S/C11H9Cl2N3/c1-7-5-10(16-11(13)14-7)15-9-4-2-3-8(12)6-9/h2-6H,1H3,(H,14,15,16). The summed E-state index contributed by atoms with van der Waals surface area (Å²) in [5, 5.41) is 4.00. The molecule has 0 saturated carbocycles. The Bertz CT molecular complexity index is 494. The van der Waals surface area contributed by atoms with Crippen molar-refractivity contribution in [2.24, 2.45) is 0 Å². The van der Waals surface area contributed by atoms with Gasteiger partial charge in [-0.3, -0.25) is 0 Å². The van der Waals surface area contributed by atoms with Gasteiger partial charge in [0.15, 0.2) is 0 Å². The number of nitrogens with one attached hydrogen (secondary N) is 1. The molecule has 2 rings (SSSR count). The van der Waals surface area contributed by atoms with E-state index in [-0.39, 0.29) is 5.28 Å². The Morgan fingerprint density at radius 2 is 1.94 bits per heavy atom. The number of aryl methyl sites for hydroxylation is 1. The average Bonchev–Trinajstić information content (AvgIpc) is 2.15. The van der Waals surface area contributed by atoms with Crippen molar-refractivity contribution < 1.29 is 0 Å². The molecule has 0 atom stereocenters. The molecule has 1 N–H and O–H groups in total. The van der Waals surface area contributed by atoms with Crippen molar-refractivity contribution >= 4 is 34.7 Å². The highest BCUT2D eigenvalue weighted by molar-refractivity contribution is 6.30. The van der Waals surface area contributed by atoms with E-state index >= 15 is 0 Å². The summed E-state index contributed by atoms with van der Waals surface area (Å²) in [4.78, 5) is 8.04. The summed E-state index contributed by atoms with van der Waals surface area (Å²) in [5.41, 5.74) is 1.67. The van der Waals surface area contributed by atoms with Crippen molar-refractivity contribution in [3.63, 3.8) is 0 Å². The molecule has 1 aromatic heterocycles. The molecule has 0 spiro atoms. The second-order valence-electron chi connectivity index (χ2n) is 3.30. The van der Waals surface area contributed by atoms with Crippen LogP contribution in [0.5, 0.6) is 0 Å². The van der Waals surface area contributed by atoms with Crippen LogP contribution in [0, 0.1) is 6.92 Å². The molecular weight excluding hydrogens is 245 g/mol. The Hall–Kier alpha value is -1.32. The lowest BCUT2D eigenvalue weighted by atomic mass is 10.3. The molecular formula is C11H9Cl2N3. The third kappa shape index (κ3) is 2.84. The SMILES string of the molecule is Cc1cc(Nc2cccc(Cl)c2)nc(Cl)n1. The minimum Gasteiger partial charge on any atom is -0.340 e. The van der Waals surface area contributed by atoms with Gasteiger partial charge in [0.25, 0.3) is 0 Å². The number of halogens is 2. The molecule has 0 saturated heterocycles. The molecule has 2 aromatic rings. The van der Waals surface area contributed by atoms with E-state index in [0.717, 1.165) is 11.4 Å². The maximum absolute atomic E-state index is 5.87. The van der Waals surface area contributed by atoms with E-state index in [2.05, 4.69) is 15.3 Å². The third-order valence-electron chi connectivity index (χ3n) is 1.92. The van der Waals surface area contributed by atoms with Gasteiger partial charge in [-0.15, -0.1) is 0 Å². The van der Waals surface area contributed by atoms with Crippen molar-refractivity contribution in [2.45, 2.75) is 6.92 Å². The Kier molecular flexibility index (Phi) is 3.27. The van der Waals surface area contributed by atoms with Crippen LogP contribution in [0.4, 0.5) is 11.5 Å². The molecule has 1 heterocycles.